The summed E-state index contributed by atoms with van der Waals surface area (Å²) in [6, 6.07) is 14.5. The highest BCUT2D eigenvalue weighted by molar-refractivity contribution is 5.80. The molecule has 0 aliphatic rings. The summed E-state index contributed by atoms with van der Waals surface area (Å²) in [5.74, 6) is 0.629. The van der Waals surface area contributed by atoms with Gasteiger partial charge in [-0.15, -0.1) is 4.89 Å². The minimum absolute atomic E-state index is 0.168. The summed E-state index contributed by atoms with van der Waals surface area (Å²) in [7, 11) is 4.07. The van der Waals surface area contributed by atoms with E-state index < -0.39 is 11.9 Å². The molecule has 0 aromatic heterocycles. The number of carbonyl (C=O) groups is 3. The van der Waals surface area contributed by atoms with E-state index in [0.717, 1.165) is 34.1 Å². The van der Waals surface area contributed by atoms with Gasteiger partial charge in [0.05, 0.1) is 26.9 Å². The van der Waals surface area contributed by atoms with E-state index in [1.165, 1.54) is 21.3 Å². The first-order chi connectivity index (χ1) is 20.8. The summed E-state index contributed by atoms with van der Waals surface area (Å²) in [5.41, 5.74) is 4.55. The molecule has 3 aromatic rings. The van der Waals surface area contributed by atoms with Gasteiger partial charge in [-0.2, -0.15) is 0 Å². The van der Waals surface area contributed by atoms with Crippen LogP contribution in [0.15, 0.2) is 61.4 Å². The number of hydrogen-bond acceptors (Lipinski definition) is 11. The zero-order valence-corrected chi connectivity index (χ0v) is 24.5. The molecular weight excluding hydrogens is 560 g/mol. The fourth-order valence-corrected chi connectivity index (χ4v) is 4.24. The van der Waals surface area contributed by atoms with Crippen molar-refractivity contribution in [3.05, 3.63) is 94.8 Å². The fraction of sp³-hybridized carbons (Fsp3) is 0.281. The molecule has 11 heteroatoms. The molecule has 0 N–H and O–H groups in total. The summed E-state index contributed by atoms with van der Waals surface area (Å²) >= 11 is 0. The van der Waals surface area contributed by atoms with Crippen LogP contribution in [0.25, 0.3) is 0 Å². The smallest absolute Gasteiger partial charge is 0.343 e. The van der Waals surface area contributed by atoms with Crippen molar-refractivity contribution in [1.29, 1.82) is 0 Å². The Balaban J connectivity index is 1.93. The first-order valence-electron chi connectivity index (χ1n) is 13.1. The van der Waals surface area contributed by atoms with Crippen LogP contribution in [0.5, 0.6) is 23.0 Å². The molecule has 11 nitrogen and oxygen atoms in total. The van der Waals surface area contributed by atoms with Crippen LogP contribution in [0.4, 0.5) is 0 Å². The predicted molar refractivity (Wildman–Crippen MR) is 154 cm³/mol. The predicted octanol–water partition coefficient (Wildman–Crippen LogP) is 4.53. The van der Waals surface area contributed by atoms with Crippen molar-refractivity contribution < 1.29 is 52.6 Å². The zero-order valence-electron chi connectivity index (χ0n) is 24.5. The van der Waals surface area contributed by atoms with Crippen molar-refractivity contribution in [2.24, 2.45) is 0 Å². The third kappa shape index (κ3) is 9.50. The van der Waals surface area contributed by atoms with Crippen LogP contribution < -0.4 is 18.9 Å². The average Bonchev–Trinajstić information content (AvgIpc) is 3.01. The van der Waals surface area contributed by atoms with Crippen molar-refractivity contribution in [2.45, 2.75) is 19.8 Å². The lowest BCUT2D eigenvalue weighted by atomic mass is 9.94. The number of rotatable bonds is 17. The number of esters is 2. The molecule has 0 bridgehead atoms. The fourth-order valence-electron chi connectivity index (χ4n) is 4.24. The maximum atomic E-state index is 12.0. The van der Waals surface area contributed by atoms with Gasteiger partial charge in [-0.1, -0.05) is 36.4 Å². The largest absolute Gasteiger partial charge is 0.493 e. The molecule has 3 aromatic carbocycles. The summed E-state index contributed by atoms with van der Waals surface area (Å²) in [6.45, 7) is 4.57. The Labute approximate surface area is 249 Å². The van der Waals surface area contributed by atoms with Crippen molar-refractivity contribution >= 4 is 18.2 Å². The molecule has 0 spiro atoms. The summed E-state index contributed by atoms with van der Waals surface area (Å²) < 4.78 is 31.9. The first-order valence-corrected chi connectivity index (χ1v) is 13.1. The molecule has 0 saturated carbocycles. The van der Waals surface area contributed by atoms with E-state index >= 15 is 0 Å². The zero-order chi connectivity index (χ0) is 31.2. The van der Waals surface area contributed by atoms with E-state index in [4.69, 9.17) is 28.6 Å². The molecule has 228 valence electrons. The molecule has 0 unspecified atom stereocenters. The number of ether oxygens (including phenoxy) is 6. The van der Waals surface area contributed by atoms with E-state index in [-0.39, 0.29) is 31.3 Å². The molecule has 0 radical (unpaired) electrons. The van der Waals surface area contributed by atoms with E-state index in [1.54, 1.807) is 24.3 Å². The number of aldehydes is 1. The second kappa shape index (κ2) is 16.4. The third-order valence-corrected chi connectivity index (χ3v) is 6.14. The van der Waals surface area contributed by atoms with Crippen LogP contribution in [-0.2, 0) is 41.7 Å². The third-order valence-electron chi connectivity index (χ3n) is 6.14. The standard InChI is InChI=1S/C32H34O11/c1-6-42-43-20-41-28-10-8-23(16-29(28)36-3)14-25-12-21(2)11-24(32(25)40-19-31(35)38-5)13-22-7-9-27(26(15-22)17-33)39-18-30(34)37-4/h6-12,15-17H,1,13-14,18-20H2,2-5H3. The molecule has 0 aliphatic carbocycles. The minimum atomic E-state index is -0.562. The van der Waals surface area contributed by atoms with E-state index in [1.807, 2.05) is 31.2 Å². The van der Waals surface area contributed by atoms with Gasteiger partial charge in [0.15, 0.2) is 31.0 Å². The summed E-state index contributed by atoms with van der Waals surface area (Å²) in [4.78, 5) is 44.7. The van der Waals surface area contributed by atoms with Gasteiger partial charge in [-0.05, 0) is 53.4 Å². The van der Waals surface area contributed by atoms with E-state index in [2.05, 4.69) is 16.2 Å². The quantitative estimate of drug-likeness (QED) is 0.0416. The Hall–Kier alpha value is -5.03. The van der Waals surface area contributed by atoms with Gasteiger partial charge in [-0.25, -0.2) is 9.59 Å². The maximum Gasteiger partial charge on any atom is 0.343 e. The van der Waals surface area contributed by atoms with E-state index in [9.17, 15) is 14.4 Å². The van der Waals surface area contributed by atoms with Gasteiger partial charge in [0.2, 0.25) is 6.79 Å². The van der Waals surface area contributed by atoms with Crippen LogP contribution in [0.2, 0.25) is 0 Å². The Morgan fingerprint density at radius 3 is 1.95 bits per heavy atom. The molecule has 0 fully saturated rings. The second-order valence-corrected chi connectivity index (χ2v) is 9.11. The van der Waals surface area contributed by atoms with Crippen LogP contribution in [-0.4, -0.2) is 59.6 Å². The maximum absolute atomic E-state index is 12.0. The molecule has 0 amide bonds. The van der Waals surface area contributed by atoms with Gasteiger partial charge in [0, 0.05) is 12.8 Å². The monoisotopic (exact) mass is 594 g/mol. The first kappa shape index (κ1) is 32.5. The van der Waals surface area contributed by atoms with Crippen molar-refractivity contribution in [2.75, 3.05) is 41.3 Å². The summed E-state index contributed by atoms with van der Waals surface area (Å²) in [5, 5.41) is 0. The molecule has 0 atom stereocenters. The van der Waals surface area contributed by atoms with Gasteiger partial charge in [0.25, 0.3) is 0 Å². The van der Waals surface area contributed by atoms with Crippen LogP contribution in [0.3, 0.4) is 0 Å². The highest BCUT2D eigenvalue weighted by Gasteiger charge is 2.17. The number of benzene rings is 3. The van der Waals surface area contributed by atoms with Crippen LogP contribution >= 0.6 is 0 Å². The SMILES string of the molecule is C=COOCOc1ccc(Cc2cc(C)cc(Cc3ccc(OCC(=O)OC)c(C=O)c3)c2OCC(=O)OC)cc1OC. The Morgan fingerprint density at radius 2 is 1.37 bits per heavy atom. The summed E-state index contributed by atoms with van der Waals surface area (Å²) in [6.07, 6.45) is 2.62. The number of hydrogen-bond donors (Lipinski definition) is 0. The van der Waals surface area contributed by atoms with Gasteiger partial charge < -0.3 is 33.3 Å². The lowest BCUT2D eigenvalue weighted by molar-refractivity contribution is -0.282. The van der Waals surface area contributed by atoms with Crippen molar-refractivity contribution in [3.8, 4) is 23.0 Å². The lowest BCUT2D eigenvalue weighted by Gasteiger charge is -2.18. The highest BCUT2D eigenvalue weighted by Crippen LogP contribution is 2.34. The number of carbonyl (C=O) groups excluding carboxylic acids is 3. The molecular formula is C32H34O11. The Morgan fingerprint density at radius 1 is 0.767 bits per heavy atom. The highest BCUT2D eigenvalue weighted by atomic mass is 17.2. The van der Waals surface area contributed by atoms with E-state index in [0.29, 0.717) is 36.4 Å². The lowest BCUT2D eigenvalue weighted by Crippen LogP contribution is -2.15. The minimum Gasteiger partial charge on any atom is -0.493 e. The molecule has 0 aliphatic heterocycles. The second-order valence-electron chi connectivity index (χ2n) is 9.11. The van der Waals surface area contributed by atoms with Gasteiger partial charge in [-0.3, -0.25) is 4.79 Å². The van der Waals surface area contributed by atoms with Gasteiger partial charge >= 0.3 is 11.9 Å². The van der Waals surface area contributed by atoms with Crippen LogP contribution in [0.1, 0.15) is 38.2 Å². The Bertz CT molecular complexity index is 1430. The number of aryl methyl sites for hydroxylation is 1. The molecule has 0 saturated heterocycles. The number of methoxy groups -OCH3 is 3. The average molecular weight is 595 g/mol. The molecule has 0 heterocycles. The van der Waals surface area contributed by atoms with Gasteiger partial charge in [0.1, 0.15) is 17.8 Å². The van der Waals surface area contributed by atoms with Crippen LogP contribution in [0, 0.1) is 6.92 Å². The molecule has 43 heavy (non-hydrogen) atoms. The topological polar surface area (TPSA) is 125 Å². The molecule has 3 rings (SSSR count). The Kier molecular flexibility index (Phi) is 12.4. The van der Waals surface area contributed by atoms with Crippen molar-refractivity contribution in [3.63, 3.8) is 0 Å². The normalized spacial score (nSPS) is 10.3. The van der Waals surface area contributed by atoms with Crippen molar-refractivity contribution in [1.82, 2.24) is 0 Å².